The summed E-state index contributed by atoms with van der Waals surface area (Å²) in [5.74, 6) is -2.67. The predicted molar refractivity (Wildman–Crippen MR) is 70.7 cm³/mol. The summed E-state index contributed by atoms with van der Waals surface area (Å²) in [6.45, 7) is 6.71. The lowest BCUT2D eigenvalue weighted by Gasteiger charge is -2.25. The number of aromatic nitrogens is 2. The second-order valence-corrected chi connectivity index (χ2v) is 5.58. The molecule has 0 aliphatic carbocycles. The van der Waals surface area contributed by atoms with Crippen molar-refractivity contribution in [2.75, 3.05) is 0 Å². The molecule has 108 valence electrons. The van der Waals surface area contributed by atoms with E-state index >= 15 is 0 Å². The number of hydrogen-bond donors (Lipinski definition) is 1. The number of nitrogens with zero attached hydrogens (tertiary/aromatic N) is 2. The number of carboxylic acid groups (broad SMARTS) is 1. The molecule has 0 saturated heterocycles. The van der Waals surface area contributed by atoms with Crippen LogP contribution in [0.1, 0.15) is 39.4 Å². The smallest absolute Gasteiger partial charge is 0.329 e. The average Bonchev–Trinajstić information content (AvgIpc) is 2.68. The molecule has 0 radical (unpaired) electrons. The summed E-state index contributed by atoms with van der Waals surface area (Å²) < 4.78 is 28.2. The first-order valence-corrected chi connectivity index (χ1v) is 6.27. The summed E-state index contributed by atoms with van der Waals surface area (Å²) in [6.07, 6.45) is 0. The maximum Gasteiger partial charge on any atom is 0.329 e. The van der Waals surface area contributed by atoms with Crippen molar-refractivity contribution in [2.45, 2.75) is 39.2 Å². The van der Waals surface area contributed by atoms with Crippen LogP contribution >= 0.6 is 0 Å². The number of halogens is 2. The molecule has 2 aromatic rings. The van der Waals surface area contributed by atoms with Crippen molar-refractivity contribution in [3.05, 3.63) is 29.6 Å². The fourth-order valence-corrected chi connectivity index (χ4v) is 2.16. The molecular weight excluding hydrogens is 266 g/mol. The lowest BCUT2D eigenvalue weighted by molar-refractivity contribution is -0.145. The van der Waals surface area contributed by atoms with Gasteiger partial charge in [0.1, 0.15) is 11.4 Å². The Labute approximate surface area is 115 Å². The van der Waals surface area contributed by atoms with Gasteiger partial charge in [0.05, 0.1) is 11.0 Å². The molecule has 0 saturated carbocycles. The zero-order chi connectivity index (χ0) is 15.2. The highest BCUT2D eigenvalue weighted by molar-refractivity contribution is 5.82. The van der Waals surface area contributed by atoms with Gasteiger partial charge in [0.15, 0.2) is 11.6 Å². The molecule has 0 amide bonds. The van der Waals surface area contributed by atoms with Crippen LogP contribution < -0.4 is 0 Å². The van der Waals surface area contributed by atoms with E-state index in [1.165, 1.54) is 18.4 Å². The highest BCUT2D eigenvalue weighted by atomic mass is 19.2. The SMILES string of the molecule is CC(C)c1nc2cc(F)c(F)cc2n1C(C)(C)C(=O)O. The van der Waals surface area contributed by atoms with Crippen molar-refractivity contribution in [1.29, 1.82) is 0 Å². The molecule has 1 aromatic heterocycles. The van der Waals surface area contributed by atoms with E-state index in [9.17, 15) is 18.7 Å². The number of benzene rings is 1. The number of fused-ring (bicyclic) bond motifs is 1. The van der Waals surface area contributed by atoms with Gasteiger partial charge in [0.2, 0.25) is 0 Å². The Morgan fingerprint density at radius 2 is 1.85 bits per heavy atom. The third-order valence-corrected chi connectivity index (χ3v) is 3.32. The molecule has 0 atom stereocenters. The molecule has 1 N–H and O–H groups in total. The highest BCUT2D eigenvalue weighted by Gasteiger charge is 2.34. The third kappa shape index (κ3) is 2.05. The maximum atomic E-state index is 13.5. The van der Waals surface area contributed by atoms with E-state index < -0.39 is 23.1 Å². The normalized spacial score (nSPS) is 12.3. The Balaban J connectivity index is 2.89. The summed E-state index contributed by atoms with van der Waals surface area (Å²) in [5, 5.41) is 9.39. The van der Waals surface area contributed by atoms with Gasteiger partial charge in [-0.25, -0.2) is 18.6 Å². The molecule has 6 heteroatoms. The van der Waals surface area contributed by atoms with Gasteiger partial charge in [-0.2, -0.15) is 0 Å². The van der Waals surface area contributed by atoms with Gasteiger partial charge in [-0.05, 0) is 13.8 Å². The van der Waals surface area contributed by atoms with Crippen molar-refractivity contribution in [3.63, 3.8) is 0 Å². The molecule has 0 fully saturated rings. The van der Waals surface area contributed by atoms with E-state index in [-0.39, 0.29) is 17.0 Å². The quantitative estimate of drug-likeness (QED) is 0.940. The molecule has 0 aliphatic rings. The molecule has 1 aromatic carbocycles. The monoisotopic (exact) mass is 282 g/mol. The standard InChI is InChI=1S/C14H16F2N2O2/c1-7(2)12-17-10-5-8(15)9(16)6-11(10)18(12)14(3,4)13(19)20/h5-7H,1-4H3,(H,19,20). The van der Waals surface area contributed by atoms with E-state index in [0.29, 0.717) is 5.82 Å². The first-order chi connectivity index (χ1) is 9.16. The van der Waals surface area contributed by atoms with Gasteiger partial charge in [0.25, 0.3) is 0 Å². The minimum atomic E-state index is -1.31. The number of carboxylic acids is 1. The molecule has 4 nitrogen and oxygen atoms in total. The molecule has 0 aliphatic heterocycles. The van der Waals surface area contributed by atoms with Crippen LogP contribution in [0.3, 0.4) is 0 Å². The first kappa shape index (κ1) is 14.4. The number of carbonyl (C=O) groups is 1. The summed E-state index contributed by atoms with van der Waals surface area (Å²) >= 11 is 0. The molecule has 0 unspecified atom stereocenters. The second kappa shape index (κ2) is 4.54. The molecule has 1 heterocycles. The number of rotatable bonds is 3. The second-order valence-electron chi connectivity index (χ2n) is 5.58. The van der Waals surface area contributed by atoms with Crippen molar-refractivity contribution in [3.8, 4) is 0 Å². The first-order valence-electron chi connectivity index (χ1n) is 6.27. The van der Waals surface area contributed by atoms with Gasteiger partial charge >= 0.3 is 5.97 Å². The van der Waals surface area contributed by atoms with Crippen molar-refractivity contribution < 1.29 is 18.7 Å². The summed E-state index contributed by atoms with van der Waals surface area (Å²) in [4.78, 5) is 15.7. The predicted octanol–water partition coefficient (Wildman–Crippen LogP) is 3.26. The van der Waals surface area contributed by atoms with Crippen LogP contribution in [0.25, 0.3) is 11.0 Å². The van der Waals surface area contributed by atoms with Crippen molar-refractivity contribution in [2.24, 2.45) is 0 Å². The van der Waals surface area contributed by atoms with Gasteiger partial charge in [0, 0.05) is 18.1 Å². The zero-order valence-electron chi connectivity index (χ0n) is 11.7. The van der Waals surface area contributed by atoms with Crippen LogP contribution in [0.4, 0.5) is 8.78 Å². The van der Waals surface area contributed by atoms with Crippen LogP contribution in [0.5, 0.6) is 0 Å². The van der Waals surface area contributed by atoms with Crippen LogP contribution in [0.2, 0.25) is 0 Å². The minimum absolute atomic E-state index is 0.0767. The fourth-order valence-electron chi connectivity index (χ4n) is 2.16. The lowest BCUT2D eigenvalue weighted by Crippen LogP contribution is -2.37. The van der Waals surface area contributed by atoms with Gasteiger partial charge in [-0.15, -0.1) is 0 Å². The van der Waals surface area contributed by atoms with Gasteiger partial charge < -0.3 is 9.67 Å². The van der Waals surface area contributed by atoms with Gasteiger partial charge in [-0.3, -0.25) is 0 Å². The average molecular weight is 282 g/mol. The van der Waals surface area contributed by atoms with Crippen LogP contribution in [-0.2, 0) is 10.3 Å². The van der Waals surface area contributed by atoms with E-state index in [0.717, 1.165) is 12.1 Å². The van der Waals surface area contributed by atoms with E-state index in [1.54, 1.807) is 0 Å². The Hall–Kier alpha value is -1.98. The Morgan fingerprint density at radius 1 is 1.30 bits per heavy atom. The number of hydrogen-bond acceptors (Lipinski definition) is 2. The van der Waals surface area contributed by atoms with E-state index in [4.69, 9.17) is 0 Å². The van der Waals surface area contributed by atoms with Gasteiger partial charge in [-0.1, -0.05) is 13.8 Å². The van der Waals surface area contributed by atoms with Crippen LogP contribution in [-0.4, -0.2) is 20.6 Å². The fraction of sp³-hybridized carbons (Fsp3) is 0.429. The van der Waals surface area contributed by atoms with Crippen molar-refractivity contribution in [1.82, 2.24) is 9.55 Å². The Bertz CT molecular complexity index is 690. The van der Waals surface area contributed by atoms with Crippen LogP contribution in [0, 0.1) is 11.6 Å². The molecule has 0 spiro atoms. The van der Waals surface area contributed by atoms with E-state index in [1.807, 2.05) is 13.8 Å². The van der Waals surface area contributed by atoms with Crippen LogP contribution in [0.15, 0.2) is 12.1 Å². The van der Waals surface area contributed by atoms with Crippen molar-refractivity contribution >= 4 is 17.0 Å². The Morgan fingerprint density at radius 3 is 2.35 bits per heavy atom. The topological polar surface area (TPSA) is 55.1 Å². The Kier molecular flexibility index (Phi) is 3.28. The minimum Gasteiger partial charge on any atom is -0.480 e. The summed E-state index contributed by atoms with van der Waals surface area (Å²) in [6, 6.07) is 1.99. The molecule has 20 heavy (non-hydrogen) atoms. The molecular formula is C14H16F2N2O2. The number of aliphatic carboxylic acids is 1. The van der Waals surface area contributed by atoms with E-state index in [2.05, 4.69) is 4.98 Å². The lowest BCUT2D eigenvalue weighted by atomic mass is 10.0. The molecule has 0 bridgehead atoms. The largest absolute Gasteiger partial charge is 0.480 e. The third-order valence-electron chi connectivity index (χ3n) is 3.32. The highest BCUT2D eigenvalue weighted by Crippen LogP contribution is 2.30. The molecule has 2 rings (SSSR count). The summed E-state index contributed by atoms with van der Waals surface area (Å²) in [5.41, 5.74) is -0.777. The summed E-state index contributed by atoms with van der Waals surface area (Å²) in [7, 11) is 0. The number of imidazole rings is 1. The maximum absolute atomic E-state index is 13.5. The zero-order valence-corrected chi connectivity index (χ0v) is 11.7.